The number of nitrogens with zero attached hydrogens (tertiary/aromatic N) is 3. The highest BCUT2D eigenvalue weighted by Gasteiger charge is 2.32. The number of carboxylic acid groups (broad SMARTS) is 2. The predicted octanol–water partition coefficient (Wildman–Crippen LogP) is 1.50. The molecule has 146 valence electrons. The molecule has 1 atom stereocenters. The molecule has 1 saturated heterocycles. The Hall–Kier alpha value is -2.58. The Bertz CT molecular complexity index is 839. The molecule has 0 amide bonds. The van der Waals surface area contributed by atoms with Crippen molar-refractivity contribution in [2.24, 2.45) is 0 Å². The van der Waals surface area contributed by atoms with Gasteiger partial charge >= 0.3 is 11.9 Å². The summed E-state index contributed by atoms with van der Waals surface area (Å²) < 4.78 is 6.88. The van der Waals surface area contributed by atoms with Crippen molar-refractivity contribution in [1.82, 2.24) is 14.4 Å². The second-order valence-corrected chi connectivity index (χ2v) is 6.70. The molecule has 2 N–H and O–H groups in total. The Balaban J connectivity index is 2.05. The van der Waals surface area contributed by atoms with Crippen LogP contribution in [0, 0.1) is 0 Å². The normalized spacial score (nSPS) is 17.1. The Morgan fingerprint density at radius 2 is 1.89 bits per heavy atom. The molecule has 1 aliphatic heterocycles. The summed E-state index contributed by atoms with van der Waals surface area (Å²) in [5.74, 6) is -1.30. The fourth-order valence-corrected chi connectivity index (χ4v) is 3.75. The molecule has 1 unspecified atom stereocenters. The minimum Gasteiger partial charge on any atom is -0.497 e. The van der Waals surface area contributed by atoms with E-state index in [0.29, 0.717) is 35.3 Å². The van der Waals surface area contributed by atoms with E-state index < -0.39 is 18.0 Å². The molecule has 1 aliphatic rings. The van der Waals surface area contributed by atoms with E-state index in [0.717, 1.165) is 19.6 Å². The zero-order valence-corrected chi connectivity index (χ0v) is 15.6. The summed E-state index contributed by atoms with van der Waals surface area (Å²) in [7, 11) is 1.55. The number of aromatic nitrogens is 1. The molecule has 1 fully saturated rings. The quantitative estimate of drug-likeness (QED) is 0.757. The van der Waals surface area contributed by atoms with E-state index in [1.165, 1.54) is 0 Å². The number of benzene rings is 1. The summed E-state index contributed by atoms with van der Waals surface area (Å²) in [6.45, 7) is 5.76. The maximum Gasteiger partial charge on any atom is 0.325 e. The second kappa shape index (κ2) is 7.98. The number of likely N-dealkylation sites (N-methyl/N-ethyl adjacent to an activating group) is 1. The van der Waals surface area contributed by atoms with Crippen molar-refractivity contribution in [3.05, 3.63) is 30.0 Å². The van der Waals surface area contributed by atoms with E-state index in [1.54, 1.807) is 36.1 Å². The number of hydrogen-bond donors (Lipinski definition) is 2. The van der Waals surface area contributed by atoms with Crippen molar-refractivity contribution in [1.29, 1.82) is 0 Å². The zero-order chi connectivity index (χ0) is 19.6. The van der Waals surface area contributed by atoms with E-state index >= 15 is 0 Å². The molecule has 8 heteroatoms. The highest BCUT2D eigenvalue weighted by Crippen LogP contribution is 2.33. The standard InChI is InChI=1S/C19H25N3O5/c1-3-20-6-8-21(9-7-20)18(19(25)26)15-11-22(12-17(23)24)16-5-4-13(27-2)10-14(15)16/h4-5,10-11,18H,3,6-9,12H2,1-2H3,(H,23,24)(H,25,26). The lowest BCUT2D eigenvalue weighted by Crippen LogP contribution is -2.49. The second-order valence-electron chi connectivity index (χ2n) is 6.70. The number of piperazine rings is 1. The van der Waals surface area contributed by atoms with Gasteiger partial charge in [0.05, 0.1) is 7.11 Å². The van der Waals surface area contributed by atoms with Crippen LogP contribution < -0.4 is 4.74 Å². The molecule has 0 spiro atoms. The summed E-state index contributed by atoms with van der Waals surface area (Å²) >= 11 is 0. The lowest BCUT2D eigenvalue weighted by atomic mass is 10.0. The number of ether oxygens (including phenoxy) is 1. The first kappa shape index (κ1) is 19.2. The summed E-state index contributed by atoms with van der Waals surface area (Å²) in [5, 5.41) is 19.9. The molecule has 2 aromatic rings. The third-order valence-corrected chi connectivity index (χ3v) is 5.17. The molecule has 8 nitrogen and oxygen atoms in total. The molecular weight excluding hydrogens is 350 g/mol. The number of rotatable bonds is 7. The first-order valence-electron chi connectivity index (χ1n) is 9.02. The summed E-state index contributed by atoms with van der Waals surface area (Å²) in [5.41, 5.74) is 1.29. The Labute approximate surface area is 157 Å². The number of hydrogen-bond acceptors (Lipinski definition) is 5. The molecule has 1 aromatic heterocycles. The van der Waals surface area contributed by atoms with Gasteiger partial charge in [-0.25, -0.2) is 0 Å². The lowest BCUT2D eigenvalue weighted by Gasteiger charge is -2.37. The zero-order valence-electron chi connectivity index (χ0n) is 15.6. The van der Waals surface area contributed by atoms with Crippen LogP contribution in [0.4, 0.5) is 0 Å². The van der Waals surface area contributed by atoms with Gasteiger partial charge in [-0.3, -0.25) is 14.5 Å². The first-order chi connectivity index (χ1) is 12.9. The summed E-state index contributed by atoms with van der Waals surface area (Å²) in [6.07, 6.45) is 1.66. The highest BCUT2D eigenvalue weighted by atomic mass is 16.5. The SMILES string of the molecule is CCN1CCN(C(C(=O)O)c2cn(CC(=O)O)c3ccc(OC)cc23)CC1. The van der Waals surface area contributed by atoms with Gasteiger partial charge < -0.3 is 24.4 Å². The largest absolute Gasteiger partial charge is 0.497 e. The monoisotopic (exact) mass is 375 g/mol. The van der Waals surface area contributed by atoms with Gasteiger partial charge in [-0.1, -0.05) is 6.92 Å². The Morgan fingerprint density at radius 1 is 1.19 bits per heavy atom. The molecule has 0 aliphatic carbocycles. The van der Waals surface area contributed by atoms with Crippen molar-refractivity contribution < 1.29 is 24.5 Å². The average Bonchev–Trinajstić information content (AvgIpc) is 2.99. The van der Waals surface area contributed by atoms with Crippen LogP contribution in [0.3, 0.4) is 0 Å². The maximum atomic E-state index is 12.2. The Kier molecular flexibility index (Phi) is 5.67. The van der Waals surface area contributed by atoms with Gasteiger partial charge in [-0.2, -0.15) is 0 Å². The van der Waals surface area contributed by atoms with Crippen LogP contribution in [0.25, 0.3) is 10.9 Å². The van der Waals surface area contributed by atoms with Gasteiger partial charge in [0.25, 0.3) is 0 Å². The minimum atomic E-state index is -0.974. The van der Waals surface area contributed by atoms with Crippen molar-refractivity contribution in [2.75, 3.05) is 39.8 Å². The average molecular weight is 375 g/mol. The van der Waals surface area contributed by atoms with E-state index in [4.69, 9.17) is 4.74 Å². The maximum absolute atomic E-state index is 12.2. The van der Waals surface area contributed by atoms with Crippen LogP contribution in [0.15, 0.2) is 24.4 Å². The summed E-state index contributed by atoms with van der Waals surface area (Å²) in [4.78, 5) is 27.6. The molecular formula is C19H25N3O5. The van der Waals surface area contributed by atoms with Crippen molar-refractivity contribution in [2.45, 2.75) is 19.5 Å². The molecule has 2 heterocycles. The molecule has 0 bridgehead atoms. The van der Waals surface area contributed by atoms with Crippen LogP contribution in [-0.2, 0) is 16.1 Å². The van der Waals surface area contributed by atoms with E-state index in [9.17, 15) is 19.8 Å². The van der Waals surface area contributed by atoms with Gasteiger partial charge in [0, 0.05) is 48.8 Å². The molecule has 0 saturated carbocycles. The molecule has 1 aromatic carbocycles. The van der Waals surface area contributed by atoms with Gasteiger partial charge in [0.2, 0.25) is 0 Å². The number of fused-ring (bicyclic) bond motifs is 1. The third kappa shape index (κ3) is 3.91. The fraction of sp³-hybridized carbons (Fsp3) is 0.474. The van der Waals surface area contributed by atoms with Crippen molar-refractivity contribution in [3.63, 3.8) is 0 Å². The third-order valence-electron chi connectivity index (χ3n) is 5.17. The highest BCUT2D eigenvalue weighted by molar-refractivity contribution is 5.91. The van der Waals surface area contributed by atoms with Gasteiger partial charge in [-0.15, -0.1) is 0 Å². The van der Waals surface area contributed by atoms with Crippen LogP contribution in [-0.4, -0.2) is 76.4 Å². The fourth-order valence-electron chi connectivity index (χ4n) is 3.75. The van der Waals surface area contributed by atoms with Crippen LogP contribution in [0.2, 0.25) is 0 Å². The van der Waals surface area contributed by atoms with Gasteiger partial charge in [0.1, 0.15) is 18.3 Å². The van der Waals surface area contributed by atoms with Crippen molar-refractivity contribution in [3.8, 4) is 5.75 Å². The lowest BCUT2D eigenvalue weighted by molar-refractivity contribution is -0.144. The predicted molar refractivity (Wildman–Crippen MR) is 100 cm³/mol. The Morgan fingerprint density at radius 3 is 2.44 bits per heavy atom. The summed E-state index contributed by atoms with van der Waals surface area (Å²) in [6, 6.07) is 4.48. The number of methoxy groups -OCH3 is 1. The van der Waals surface area contributed by atoms with Crippen LogP contribution >= 0.6 is 0 Å². The van der Waals surface area contributed by atoms with E-state index in [2.05, 4.69) is 11.8 Å². The first-order valence-corrected chi connectivity index (χ1v) is 9.02. The smallest absolute Gasteiger partial charge is 0.325 e. The number of aliphatic carboxylic acids is 2. The number of carbonyl (C=O) groups is 2. The minimum absolute atomic E-state index is 0.223. The molecule has 3 rings (SSSR count). The van der Waals surface area contributed by atoms with Gasteiger partial charge in [-0.05, 0) is 24.7 Å². The topological polar surface area (TPSA) is 95.2 Å². The molecule has 27 heavy (non-hydrogen) atoms. The van der Waals surface area contributed by atoms with Crippen molar-refractivity contribution >= 4 is 22.8 Å². The van der Waals surface area contributed by atoms with Crippen LogP contribution in [0.5, 0.6) is 5.75 Å². The van der Waals surface area contributed by atoms with Crippen LogP contribution in [0.1, 0.15) is 18.5 Å². The number of carboxylic acids is 2. The van der Waals surface area contributed by atoms with E-state index in [1.807, 2.05) is 4.90 Å². The van der Waals surface area contributed by atoms with Gasteiger partial charge in [0.15, 0.2) is 0 Å². The van der Waals surface area contributed by atoms with E-state index in [-0.39, 0.29) is 6.54 Å². The molecule has 0 radical (unpaired) electrons.